The molecular weight excluding hydrogens is 304 g/mol. The van der Waals surface area contributed by atoms with Crippen molar-refractivity contribution in [3.8, 4) is 11.5 Å². The summed E-state index contributed by atoms with van der Waals surface area (Å²) < 4.78 is 10.8. The van der Waals surface area contributed by atoms with Crippen LogP contribution >= 0.6 is 11.6 Å². The minimum Gasteiger partial charge on any atom is -0.493 e. The number of carbonyl (C=O) groups is 1. The van der Waals surface area contributed by atoms with E-state index in [1.54, 1.807) is 12.1 Å². The molecule has 1 heterocycles. The van der Waals surface area contributed by atoms with E-state index in [2.05, 4.69) is 0 Å². The molecule has 0 radical (unpaired) electrons. The fraction of sp³-hybridized carbons (Fsp3) is 0.562. The number of nitrogens with two attached hydrogens (primary N) is 1. The average Bonchev–Trinajstić information content (AvgIpc) is 2.89. The molecule has 22 heavy (non-hydrogen) atoms. The van der Waals surface area contributed by atoms with Crippen LogP contribution in [0.4, 0.5) is 0 Å². The highest BCUT2D eigenvalue weighted by atomic mass is 35.5. The van der Waals surface area contributed by atoms with Gasteiger partial charge in [-0.3, -0.25) is 4.79 Å². The largest absolute Gasteiger partial charge is 0.493 e. The van der Waals surface area contributed by atoms with Crippen molar-refractivity contribution in [3.05, 3.63) is 22.7 Å². The molecule has 2 rings (SSSR count). The summed E-state index contributed by atoms with van der Waals surface area (Å²) >= 11 is 6.24. The second-order valence-corrected chi connectivity index (χ2v) is 5.97. The van der Waals surface area contributed by atoms with Gasteiger partial charge in [-0.2, -0.15) is 0 Å². The van der Waals surface area contributed by atoms with E-state index in [1.807, 2.05) is 18.7 Å². The molecule has 1 aromatic rings. The number of hydrogen-bond donors (Lipinski definition) is 1. The summed E-state index contributed by atoms with van der Waals surface area (Å²) in [5.74, 6) is 1.25. The Bertz CT molecular complexity index is 550. The standard InChI is InChI=1S/C16H23ClN2O3/c1-4-22-15-13(17)6-12(7-14(15)21-3)16(20)19-9-11(8-18)5-10(19)2/h6-7,10-11H,4-5,8-9,18H2,1-3H3. The van der Waals surface area contributed by atoms with Crippen LogP contribution in [0.25, 0.3) is 0 Å². The van der Waals surface area contributed by atoms with Crippen LogP contribution in [0.5, 0.6) is 11.5 Å². The molecule has 0 aliphatic carbocycles. The Morgan fingerprint density at radius 2 is 2.23 bits per heavy atom. The number of methoxy groups -OCH3 is 1. The molecule has 0 saturated carbocycles. The number of nitrogens with zero attached hydrogens (tertiary/aromatic N) is 1. The van der Waals surface area contributed by atoms with E-state index in [0.717, 1.165) is 6.42 Å². The zero-order chi connectivity index (χ0) is 16.3. The van der Waals surface area contributed by atoms with Crippen LogP contribution in [0.2, 0.25) is 5.02 Å². The highest BCUT2D eigenvalue weighted by Gasteiger charge is 2.32. The van der Waals surface area contributed by atoms with E-state index >= 15 is 0 Å². The van der Waals surface area contributed by atoms with Gasteiger partial charge in [-0.25, -0.2) is 0 Å². The Kier molecular flexibility index (Phi) is 5.53. The van der Waals surface area contributed by atoms with Gasteiger partial charge >= 0.3 is 0 Å². The summed E-state index contributed by atoms with van der Waals surface area (Å²) in [6, 6.07) is 3.50. The summed E-state index contributed by atoms with van der Waals surface area (Å²) in [6.07, 6.45) is 0.935. The first-order valence-corrected chi connectivity index (χ1v) is 7.90. The molecule has 1 aliphatic rings. The van der Waals surface area contributed by atoms with Crippen LogP contribution in [0.15, 0.2) is 12.1 Å². The van der Waals surface area contributed by atoms with Gasteiger partial charge in [-0.05, 0) is 44.9 Å². The van der Waals surface area contributed by atoms with Crippen molar-refractivity contribution >= 4 is 17.5 Å². The lowest BCUT2D eigenvalue weighted by Crippen LogP contribution is -2.34. The number of halogens is 1. The van der Waals surface area contributed by atoms with E-state index < -0.39 is 0 Å². The Labute approximate surface area is 136 Å². The number of rotatable bonds is 5. The van der Waals surface area contributed by atoms with Crippen LogP contribution in [0, 0.1) is 5.92 Å². The molecule has 122 valence electrons. The molecular formula is C16H23ClN2O3. The first kappa shape index (κ1) is 16.9. The monoisotopic (exact) mass is 326 g/mol. The molecule has 1 amide bonds. The molecule has 2 N–H and O–H groups in total. The maximum Gasteiger partial charge on any atom is 0.254 e. The van der Waals surface area contributed by atoms with E-state index in [0.29, 0.717) is 47.7 Å². The summed E-state index contributed by atoms with van der Waals surface area (Å²) in [5, 5.41) is 0.381. The summed E-state index contributed by atoms with van der Waals surface area (Å²) in [6.45, 7) is 5.67. The fourth-order valence-electron chi connectivity index (χ4n) is 2.89. The number of carbonyl (C=O) groups excluding carboxylic acids is 1. The van der Waals surface area contributed by atoms with E-state index in [1.165, 1.54) is 7.11 Å². The molecule has 0 aromatic heterocycles. The Morgan fingerprint density at radius 1 is 1.50 bits per heavy atom. The van der Waals surface area contributed by atoms with Gasteiger partial charge in [0.1, 0.15) is 0 Å². The lowest BCUT2D eigenvalue weighted by atomic mass is 10.1. The van der Waals surface area contributed by atoms with E-state index in [-0.39, 0.29) is 11.9 Å². The quantitative estimate of drug-likeness (QED) is 0.903. The van der Waals surface area contributed by atoms with Crippen LogP contribution in [-0.2, 0) is 0 Å². The number of amides is 1. The predicted octanol–water partition coefficient (Wildman–Crippen LogP) is 2.56. The van der Waals surface area contributed by atoms with Crippen molar-refractivity contribution in [3.63, 3.8) is 0 Å². The van der Waals surface area contributed by atoms with Gasteiger partial charge in [-0.1, -0.05) is 11.6 Å². The smallest absolute Gasteiger partial charge is 0.254 e. The molecule has 0 bridgehead atoms. The molecule has 5 nitrogen and oxygen atoms in total. The highest BCUT2D eigenvalue weighted by Crippen LogP contribution is 2.37. The Hall–Kier alpha value is -1.46. The van der Waals surface area contributed by atoms with E-state index in [4.69, 9.17) is 26.8 Å². The fourth-order valence-corrected chi connectivity index (χ4v) is 3.15. The molecule has 1 aromatic carbocycles. The maximum absolute atomic E-state index is 12.7. The minimum atomic E-state index is -0.0494. The molecule has 1 saturated heterocycles. The summed E-state index contributed by atoms with van der Waals surface area (Å²) in [4.78, 5) is 14.6. The van der Waals surface area contributed by atoms with Gasteiger partial charge < -0.3 is 20.1 Å². The third-order valence-corrected chi connectivity index (χ3v) is 4.30. The van der Waals surface area contributed by atoms with Gasteiger partial charge in [0, 0.05) is 18.2 Å². The molecule has 2 unspecified atom stereocenters. The van der Waals surface area contributed by atoms with Crippen molar-refractivity contribution in [1.29, 1.82) is 0 Å². The zero-order valence-corrected chi connectivity index (χ0v) is 14.0. The summed E-state index contributed by atoms with van der Waals surface area (Å²) in [7, 11) is 1.53. The topological polar surface area (TPSA) is 64.8 Å². The van der Waals surface area contributed by atoms with Crippen molar-refractivity contribution in [2.45, 2.75) is 26.3 Å². The number of benzene rings is 1. The van der Waals surface area contributed by atoms with Gasteiger partial charge in [0.25, 0.3) is 5.91 Å². The van der Waals surface area contributed by atoms with E-state index in [9.17, 15) is 4.79 Å². The normalized spacial score (nSPS) is 21.0. The lowest BCUT2D eigenvalue weighted by Gasteiger charge is -2.22. The van der Waals surface area contributed by atoms with Crippen LogP contribution < -0.4 is 15.2 Å². The van der Waals surface area contributed by atoms with Gasteiger partial charge in [0.05, 0.1) is 18.7 Å². The van der Waals surface area contributed by atoms with Crippen molar-refractivity contribution in [1.82, 2.24) is 4.90 Å². The van der Waals surface area contributed by atoms with Crippen molar-refractivity contribution in [2.24, 2.45) is 11.7 Å². The second kappa shape index (κ2) is 7.20. The Balaban J connectivity index is 2.29. The average molecular weight is 327 g/mol. The first-order chi connectivity index (χ1) is 10.5. The predicted molar refractivity (Wildman–Crippen MR) is 86.8 cm³/mol. The number of likely N-dealkylation sites (tertiary alicyclic amines) is 1. The molecule has 2 atom stereocenters. The van der Waals surface area contributed by atoms with Gasteiger partial charge in [0.2, 0.25) is 0 Å². The minimum absolute atomic E-state index is 0.0494. The number of hydrogen-bond acceptors (Lipinski definition) is 4. The third-order valence-electron chi connectivity index (χ3n) is 4.02. The Morgan fingerprint density at radius 3 is 2.77 bits per heavy atom. The molecule has 6 heteroatoms. The summed E-state index contributed by atoms with van der Waals surface area (Å²) in [5.41, 5.74) is 6.23. The zero-order valence-electron chi connectivity index (χ0n) is 13.3. The molecule has 0 spiro atoms. The lowest BCUT2D eigenvalue weighted by molar-refractivity contribution is 0.0743. The van der Waals surface area contributed by atoms with Crippen LogP contribution in [-0.4, -0.2) is 43.7 Å². The van der Waals surface area contributed by atoms with Crippen LogP contribution in [0.1, 0.15) is 30.6 Å². The maximum atomic E-state index is 12.7. The van der Waals surface area contributed by atoms with Crippen molar-refractivity contribution in [2.75, 3.05) is 26.8 Å². The van der Waals surface area contributed by atoms with Gasteiger partial charge in [-0.15, -0.1) is 0 Å². The third kappa shape index (κ3) is 3.31. The number of ether oxygens (including phenoxy) is 2. The second-order valence-electron chi connectivity index (χ2n) is 5.57. The highest BCUT2D eigenvalue weighted by molar-refractivity contribution is 6.32. The van der Waals surface area contributed by atoms with Crippen LogP contribution in [0.3, 0.4) is 0 Å². The van der Waals surface area contributed by atoms with Gasteiger partial charge in [0.15, 0.2) is 11.5 Å². The molecule has 1 fully saturated rings. The van der Waals surface area contributed by atoms with Crippen molar-refractivity contribution < 1.29 is 14.3 Å². The first-order valence-electron chi connectivity index (χ1n) is 7.53. The SMILES string of the molecule is CCOc1c(Cl)cc(C(=O)N2CC(CN)CC2C)cc1OC. The molecule has 1 aliphatic heterocycles.